The first-order chi connectivity index (χ1) is 10.8. The summed E-state index contributed by atoms with van der Waals surface area (Å²) in [5.41, 5.74) is -0.762. The number of hydrogen-bond donors (Lipinski definition) is 4. The number of carbonyl (C=O) groups is 3. The van der Waals surface area contributed by atoms with Gasteiger partial charge in [-0.15, -0.1) is 0 Å². The Morgan fingerprint density at radius 1 is 0.913 bits per heavy atom. The van der Waals surface area contributed by atoms with Crippen molar-refractivity contribution in [1.29, 1.82) is 0 Å². The number of benzene rings is 2. The fourth-order valence-electron chi connectivity index (χ4n) is 1.78. The van der Waals surface area contributed by atoms with Crippen LogP contribution < -0.4 is 4.74 Å². The highest BCUT2D eigenvalue weighted by Crippen LogP contribution is 2.34. The van der Waals surface area contributed by atoms with Crippen molar-refractivity contribution in [3.8, 4) is 28.7 Å². The van der Waals surface area contributed by atoms with Gasteiger partial charge >= 0.3 is 5.97 Å². The summed E-state index contributed by atoms with van der Waals surface area (Å²) < 4.78 is 4.88. The molecule has 2 aromatic rings. The molecule has 4 N–H and O–H groups in total. The molecule has 0 aliphatic rings. The normalized spacial score (nSPS) is 10.1. The predicted molar refractivity (Wildman–Crippen MR) is 74.9 cm³/mol. The zero-order chi connectivity index (χ0) is 17.1. The number of phenols is 4. The van der Waals surface area contributed by atoms with Crippen LogP contribution in [0.3, 0.4) is 0 Å². The minimum Gasteiger partial charge on any atom is -0.508 e. The highest BCUT2D eigenvalue weighted by Gasteiger charge is 2.22. The summed E-state index contributed by atoms with van der Waals surface area (Å²) in [5.74, 6) is -4.99. The molecule has 8 heteroatoms. The first-order valence-electron chi connectivity index (χ1n) is 6.13. The summed E-state index contributed by atoms with van der Waals surface area (Å²) in [6.07, 6.45) is -0.0875. The smallest absolute Gasteiger partial charge is 0.343 e. The van der Waals surface area contributed by atoms with E-state index < -0.39 is 46.1 Å². The van der Waals surface area contributed by atoms with Crippen LogP contribution in [0.2, 0.25) is 0 Å². The van der Waals surface area contributed by atoms with E-state index in [2.05, 4.69) is 0 Å². The van der Waals surface area contributed by atoms with E-state index in [1.165, 1.54) is 0 Å². The van der Waals surface area contributed by atoms with Crippen LogP contribution in [-0.2, 0) is 4.79 Å². The minimum atomic E-state index is -1.15. The molecule has 0 fully saturated rings. The molecule has 2 aromatic carbocycles. The maximum Gasteiger partial charge on any atom is 0.343 e. The lowest BCUT2D eigenvalue weighted by molar-refractivity contribution is -0.104. The number of rotatable bonds is 4. The van der Waals surface area contributed by atoms with Gasteiger partial charge in [-0.25, -0.2) is 4.79 Å². The molecule has 2 rings (SSSR count). The molecule has 0 heterocycles. The first-order valence-corrected chi connectivity index (χ1v) is 6.13. The van der Waals surface area contributed by atoms with Crippen LogP contribution in [0, 0.1) is 0 Å². The van der Waals surface area contributed by atoms with Gasteiger partial charge in [-0.1, -0.05) is 0 Å². The molecule has 0 aromatic heterocycles. The standard InChI is InChI=1S/C15H10O8/c16-6-12(21)14-11(20)4-8(17)5-13(14)23-15(22)7-1-2-9(18)10(19)3-7/h1-6,17-20H. The van der Waals surface area contributed by atoms with Gasteiger partial charge in [0.25, 0.3) is 0 Å². The van der Waals surface area contributed by atoms with E-state index in [0.29, 0.717) is 0 Å². The summed E-state index contributed by atoms with van der Waals surface area (Å²) in [5, 5.41) is 37.6. The Hall–Kier alpha value is -3.55. The number of carbonyl (C=O) groups excluding carboxylic acids is 3. The van der Waals surface area contributed by atoms with Crippen molar-refractivity contribution in [3.63, 3.8) is 0 Å². The Bertz CT molecular complexity index is 809. The van der Waals surface area contributed by atoms with Crippen LogP contribution in [0.5, 0.6) is 28.7 Å². The van der Waals surface area contributed by atoms with Crippen molar-refractivity contribution in [3.05, 3.63) is 41.5 Å². The fourth-order valence-corrected chi connectivity index (χ4v) is 1.78. The van der Waals surface area contributed by atoms with Crippen LogP contribution in [0.4, 0.5) is 0 Å². The van der Waals surface area contributed by atoms with Crippen molar-refractivity contribution in [2.45, 2.75) is 0 Å². The second kappa shape index (κ2) is 6.06. The molecule has 0 unspecified atom stereocenters. The van der Waals surface area contributed by atoms with Gasteiger partial charge in [0, 0.05) is 12.1 Å². The number of phenolic OH excluding ortho intramolecular Hbond substituents is 4. The second-order valence-electron chi connectivity index (χ2n) is 4.41. The van der Waals surface area contributed by atoms with Gasteiger partial charge in [0.2, 0.25) is 5.78 Å². The molecule has 118 valence electrons. The lowest BCUT2D eigenvalue weighted by atomic mass is 10.1. The topological polar surface area (TPSA) is 141 Å². The molecular weight excluding hydrogens is 308 g/mol. The lowest BCUT2D eigenvalue weighted by Gasteiger charge is -2.10. The Kier molecular flexibility index (Phi) is 4.17. The number of Topliss-reactive ketones (excluding diaryl/α,β-unsaturated/α-hetero) is 1. The van der Waals surface area contributed by atoms with E-state index in [9.17, 15) is 34.8 Å². The maximum absolute atomic E-state index is 12.0. The average Bonchev–Trinajstić information content (AvgIpc) is 2.48. The molecule has 0 radical (unpaired) electrons. The summed E-state index contributed by atoms with van der Waals surface area (Å²) in [4.78, 5) is 34.1. The number of aromatic hydroxyl groups is 4. The molecule has 0 aliphatic carbocycles. The highest BCUT2D eigenvalue weighted by molar-refractivity contribution is 6.35. The molecule has 0 saturated heterocycles. The Morgan fingerprint density at radius 3 is 2.22 bits per heavy atom. The number of esters is 1. The largest absolute Gasteiger partial charge is 0.508 e. The Balaban J connectivity index is 2.42. The van der Waals surface area contributed by atoms with E-state index in [1.807, 2.05) is 0 Å². The van der Waals surface area contributed by atoms with Crippen LogP contribution in [0.1, 0.15) is 20.7 Å². The quantitative estimate of drug-likeness (QED) is 0.164. The highest BCUT2D eigenvalue weighted by atomic mass is 16.5. The molecule has 0 aliphatic heterocycles. The van der Waals surface area contributed by atoms with Gasteiger partial charge < -0.3 is 25.2 Å². The van der Waals surface area contributed by atoms with Crippen LogP contribution in [0.15, 0.2) is 30.3 Å². The Labute approximate surface area is 128 Å². The molecule has 0 spiro atoms. The SMILES string of the molecule is O=CC(=O)c1c(O)cc(O)cc1OC(=O)c1ccc(O)c(O)c1. The molecule has 0 saturated carbocycles. The van der Waals surface area contributed by atoms with E-state index in [0.717, 1.165) is 30.3 Å². The van der Waals surface area contributed by atoms with Gasteiger partial charge in [0.05, 0.1) is 5.56 Å². The third-order valence-electron chi connectivity index (χ3n) is 2.83. The maximum atomic E-state index is 12.0. The fraction of sp³-hybridized carbons (Fsp3) is 0. The second-order valence-corrected chi connectivity index (χ2v) is 4.41. The predicted octanol–water partition coefficient (Wildman–Crippen LogP) is 1.11. The van der Waals surface area contributed by atoms with Gasteiger partial charge in [0.15, 0.2) is 17.8 Å². The third-order valence-corrected chi connectivity index (χ3v) is 2.83. The monoisotopic (exact) mass is 318 g/mol. The Morgan fingerprint density at radius 2 is 1.61 bits per heavy atom. The van der Waals surface area contributed by atoms with Crippen LogP contribution >= 0.6 is 0 Å². The molecule has 0 atom stereocenters. The zero-order valence-electron chi connectivity index (χ0n) is 11.4. The average molecular weight is 318 g/mol. The molecule has 23 heavy (non-hydrogen) atoms. The molecular formula is C15H10O8. The number of ketones is 1. The third kappa shape index (κ3) is 3.21. The van der Waals surface area contributed by atoms with Crippen molar-refractivity contribution in [2.24, 2.45) is 0 Å². The number of ether oxygens (including phenoxy) is 1. The zero-order valence-corrected chi connectivity index (χ0v) is 11.4. The van der Waals surface area contributed by atoms with Crippen molar-refractivity contribution in [2.75, 3.05) is 0 Å². The summed E-state index contributed by atoms with van der Waals surface area (Å²) >= 11 is 0. The summed E-state index contributed by atoms with van der Waals surface area (Å²) in [6.45, 7) is 0. The van der Waals surface area contributed by atoms with E-state index in [4.69, 9.17) is 4.74 Å². The van der Waals surface area contributed by atoms with E-state index in [-0.39, 0.29) is 11.8 Å². The van der Waals surface area contributed by atoms with E-state index >= 15 is 0 Å². The van der Waals surface area contributed by atoms with Gasteiger partial charge in [-0.2, -0.15) is 0 Å². The van der Waals surface area contributed by atoms with Crippen molar-refractivity contribution >= 4 is 18.0 Å². The van der Waals surface area contributed by atoms with Crippen molar-refractivity contribution in [1.82, 2.24) is 0 Å². The van der Waals surface area contributed by atoms with E-state index in [1.54, 1.807) is 0 Å². The summed E-state index contributed by atoms with van der Waals surface area (Å²) in [6, 6.07) is 4.78. The van der Waals surface area contributed by atoms with Crippen molar-refractivity contribution < 1.29 is 39.5 Å². The van der Waals surface area contributed by atoms with Gasteiger partial charge in [0.1, 0.15) is 22.8 Å². The van der Waals surface area contributed by atoms with Gasteiger partial charge in [-0.3, -0.25) is 9.59 Å². The first kappa shape index (κ1) is 15.8. The molecule has 8 nitrogen and oxygen atoms in total. The van der Waals surface area contributed by atoms with Gasteiger partial charge in [-0.05, 0) is 18.2 Å². The summed E-state index contributed by atoms with van der Waals surface area (Å²) in [7, 11) is 0. The lowest BCUT2D eigenvalue weighted by Crippen LogP contribution is -2.12. The minimum absolute atomic E-state index is 0.0875. The van der Waals surface area contributed by atoms with Crippen LogP contribution in [-0.4, -0.2) is 38.5 Å². The van der Waals surface area contributed by atoms with Crippen LogP contribution in [0.25, 0.3) is 0 Å². The molecule has 0 bridgehead atoms. The number of aldehydes is 1. The molecule has 0 amide bonds. The number of hydrogen-bond acceptors (Lipinski definition) is 8.